The molecule has 0 saturated carbocycles. The maximum absolute atomic E-state index is 13.3. The number of aromatic nitrogens is 1. The second kappa shape index (κ2) is 9.64. The van der Waals surface area contributed by atoms with Gasteiger partial charge in [-0.25, -0.2) is 8.42 Å². The lowest BCUT2D eigenvalue weighted by Crippen LogP contribution is -2.40. The number of aryl methyl sites for hydroxylation is 1. The largest absolute Gasteiger partial charge is 0.443 e. The lowest BCUT2D eigenvalue weighted by molar-refractivity contribution is -0.122. The lowest BCUT2D eigenvalue weighted by Gasteiger charge is -2.21. The highest BCUT2D eigenvalue weighted by Crippen LogP contribution is 2.31. The summed E-state index contributed by atoms with van der Waals surface area (Å²) in [6, 6.07) is 19.8. The summed E-state index contributed by atoms with van der Waals surface area (Å²) in [6.45, 7) is 0.315. The van der Waals surface area contributed by atoms with Gasteiger partial charge in [0.2, 0.25) is 5.09 Å². The van der Waals surface area contributed by atoms with Gasteiger partial charge in [-0.3, -0.25) is 9.78 Å². The van der Waals surface area contributed by atoms with E-state index in [0.29, 0.717) is 31.4 Å². The molecular weight excluding hydrogens is 462 g/mol. The third-order valence-corrected chi connectivity index (χ3v) is 8.26. The summed E-state index contributed by atoms with van der Waals surface area (Å²) >= 11 is 0. The number of nitrogens with zero attached hydrogens (tertiary/aromatic N) is 2. The van der Waals surface area contributed by atoms with Gasteiger partial charge in [0.15, 0.2) is 5.78 Å². The molecule has 0 unspecified atom stereocenters. The number of para-hydroxylation sites is 2. The first-order valence-corrected chi connectivity index (χ1v) is 13.2. The Morgan fingerprint density at radius 3 is 2.74 bits per heavy atom. The van der Waals surface area contributed by atoms with Crippen LogP contribution in [-0.4, -0.2) is 43.1 Å². The maximum atomic E-state index is 13.3. The Labute approximate surface area is 204 Å². The fraction of sp³-hybridized carbons (Fsp3) is 0.259. The first kappa shape index (κ1) is 23.3. The van der Waals surface area contributed by atoms with Gasteiger partial charge in [0.25, 0.3) is 10.0 Å². The Kier molecular flexibility index (Phi) is 6.40. The number of anilines is 1. The molecule has 1 aliphatic heterocycles. The second-order valence-electron chi connectivity index (χ2n) is 8.69. The van der Waals surface area contributed by atoms with Crippen molar-refractivity contribution in [3.8, 4) is 11.3 Å². The van der Waals surface area contributed by atoms with Crippen LogP contribution in [0.4, 0.5) is 5.69 Å². The highest BCUT2D eigenvalue weighted by Gasteiger charge is 2.40. The summed E-state index contributed by atoms with van der Waals surface area (Å²) in [6.07, 6.45) is 3.69. The van der Waals surface area contributed by atoms with Gasteiger partial charge in [0.05, 0.1) is 11.7 Å². The number of benzene rings is 2. The number of pyridine rings is 1. The molecule has 0 amide bonds. The van der Waals surface area contributed by atoms with Crippen LogP contribution in [0.1, 0.15) is 24.8 Å². The van der Waals surface area contributed by atoms with Crippen molar-refractivity contribution in [3.63, 3.8) is 0 Å². The molecule has 1 saturated heterocycles. The third-order valence-electron chi connectivity index (χ3n) is 6.50. The number of Topliss-reactive ketones (excluding diaryl/α,β-unsaturated/α-hetero) is 1. The summed E-state index contributed by atoms with van der Waals surface area (Å²) in [4.78, 5) is 17.7. The molecule has 5 rings (SSSR count). The standard InChI is InChI=1S/C27H27N3O4S/c1-28-22-9-4-3-8-21(22)23-17-19(14-15-29-23)12-13-25(31)24-10-6-16-30(24)35(32,33)27-18-20-7-2-5-11-26(20)34-27/h2-5,7-9,11,14-15,17-18,24,28H,6,10,12-13,16H2,1H3/t24-/m0/s1. The Morgan fingerprint density at radius 1 is 1.11 bits per heavy atom. The molecule has 0 radical (unpaired) electrons. The molecule has 2 aromatic carbocycles. The maximum Gasteiger partial charge on any atom is 0.277 e. The van der Waals surface area contributed by atoms with E-state index >= 15 is 0 Å². The summed E-state index contributed by atoms with van der Waals surface area (Å²) in [7, 11) is -2.03. The summed E-state index contributed by atoms with van der Waals surface area (Å²) in [5.41, 5.74) is 4.29. The Hall–Kier alpha value is -3.49. The van der Waals surface area contributed by atoms with Crippen molar-refractivity contribution >= 4 is 32.5 Å². The van der Waals surface area contributed by atoms with Crippen molar-refractivity contribution in [1.29, 1.82) is 0 Å². The van der Waals surface area contributed by atoms with Gasteiger partial charge in [0.1, 0.15) is 5.58 Å². The number of hydrogen-bond acceptors (Lipinski definition) is 6. The number of carbonyl (C=O) groups excluding carboxylic acids is 1. The molecule has 1 fully saturated rings. The lowest BCUT2D eigenvalue weighted by atomic mass is 10.0. The molecule has 1 N–H and O–H groups in total. The van der Waals surface area contributed by atoms with Gasteiger partial charge >= 0.3 is 0 Å². The van der Waals surface area contributed by atoms with Crippen molar-refractivity contribution in [2.45, 2.75) is 36.8 Å². The third kappa shape index (κ3) is 4.59. The first-order valence-electron chi connectivity index (χ1n) is 11.7. The van der Waals surface area contributed by atoms with Crippen LogP contribution in [0.3, 0.4) is 0 Å². The number of carbonyl (C=O) groups is 1. The minimum atomic E-state index is -3.90. The molecule has 2 aromatic heterocycles. The van der Waals surface area contributed by atoms with Crippen LogP contribution in [0.5, 0.6) is 0 Å². The van der Waals surface area contributed by atoms with Crippen molar-refractivity contribution in [2.24, 2.45) is 0 Å². The Balaban J connectivity index is 1.31. The van der Waals surface area contributed by atoms with E-state index in [1.807, 2.05) is 55.6 Å². The minimum Gasteiger partial charge on any atom is -0.443 e. The number of nitrogens with one attached hydrogen (secondary N) is 1. The summed E-state index contributed by atoms with van der Waals surface area (Å²) < 4.78 is 33.6. The molecule has 35 heavy (non-hydrogen) atoms. The van der Waals surface area contributed by atoms with E-state index in [-0.39, 0.29) is 17.3 Å². The van der Waals surface area contributed by atoms with Gasteiger partial charge in [0, 0.05) is 48.9 Å². The van der Waals surface area contributed by atoms with Crippen molar-refractivity contribution in [3.05, 3.63) is 78.5 Å². The van der Waals surface area contributed by atoms with E-state index in [9.17, 15) is 13.2 Å². The number of sulfonamides is 1. The Bertz CT molecular complexity index is 1450. The van der Waals surface area contributed by atoms with Crippen molar-refractivity contribution in [1.82, 2.24) is 9.29 Å². The predicted octanol–water partition coefficient (Wildman–Crippen LogP) is 4.89. The number of fused-ring (bicyclic) bond motifs is 1. The molecule has 0 aliphatic carbocycles. The zero-order valence-electron chi connectivity index (χ0n) is 19.5. The predicted molar refractivity (Wildman–Crippen MR) is 136 cm³/mol. The molecule has 0 bridgehead atoms. The van der Waals surface area contributed by atoms with Crippen LogP contribution >= 0.6 is 0 Å². The SMILES string of the molecule is CNc1ccccc1-c1cc(CCC(=O)[C@@H]2CCCN2S(=O)(=O)c2cc3ccccc3o2)ccn1. The fourth-order valence-corrected chi connectivity index (χ4v) is 6.32. The summed E-state index contributed by atoms with van der Waals surface area (Å²) in [5, 5.41) is 3.79. The van der Waals surface area contributed by atoms with E-state index in [4.69, 9.17) is 4.42 Å². The van der Waals surface area contributed by atoms with Crippen LogP contribution in [0.25, 0.3) is 22.2 Å². The topological polar surface area (TPSA) is 92.5 Å². The molecule has 1 atom stereocenters. The first-order chi connectivity index (χ1) is 17.0. The zero-order valence-corrected chi connectivity index (χ0v) is 20.3. The quantitative estimate of drug-likeness (QED) is 0.379. The number of ketones is 1. The minimum absolute atomic E-state index is 0.0730. The van der Waals surface area contributed by atoms with Crippen molar-refractivity contribution in [2.75, 3.05) is 18.9 Å². The molecular formula is C27H27N3O4S. The second-order valence-corrected chi connectivity index (χ2v) is 10.5. The molecule has 0 spiro atoms. The highest BCUT2D eigenvalue weighted by atomic mass is 32.2. The van der Waals surface area contributed by atoms with E-state index in [1.54, 1.807) is 18.3 Å². The Morgan fingerprint density at radius 2 is 1.91 bits per heavy atom. The highest BCUT2D eigenvalue weighted by molar-refractivity contribution is 7.89. The normalized spacial score (nSPS) is 16.5. The monoisotopic (exact) mass is 489 g/mol. The molecule has 8 heteroatoms. The number of rotatable bonds is 8. The van der Waals surface area contributed by atoms with Gasteiger partial charge in [-0.2, -0.15) is 4.31 Å². The van der Waals surface area contributed by atoms with E-state index in [0.717, 1.165) is 27.9 Å². The van der Waals surface area contributed by atoms with E-state index in [1.165, 1.54) is 10.4 Å². The smallest absolute Gasteiger partial charge is 0.277 e. The average molecular weight is 490 g/mol. The number of furan rings is 1. The van der Waals surface area contributed by atoms with E-state index < -0.39 is 16.1 Å². The van der Waals surface area contributed by atoms with Gasteiger partial charge in [-0.1, -0.05) is 36.4 Å². The van der Waals surface area contributed by atoms with Crippen LogP contribution < -0.4 is 5.32 Å². The van der Waals surface area contributed by atoms with E-state index in [2.05, 4.69) is 10.3 Å². The van der Waals surface area contributed by atoms with Crippen LogP contribution in [0.2, 0.25) is 0 Å². The average Bonchev–Trinajstić information content (AvgIpc) is 3.56. The summed E-state index contributed by atoms with van der Waals surface area (Å²) in [5.74, 6) is -0.0730. The molecule has 180 valence electrons. The molecule has 3 heterocycles. The zero-order chi connectivity index (χ0) is 24.4. The van der Waals surface area contributed by atoms with Crippen LogP contribution in [-0.2, 0) is 21.2 Å². The fourth-order valence-electron chi connectivity index (χ4n) is 4.69. The number of hydrogen-bond donors (Lipinski definition) is 1. The molecule has 1 aliphatic rings. The van der Waals surface area contributed by atoms with Gasteiger partial charge in [-0.15, -0.1) is 0 Å². The van der Waals surface area contributed by atoms with Crippen LogP contribution in [0, 0.1) is 0 Å². The van der Waals surface area contributed by atoms with Crippen LogP contribution in [0.15, 0.2) is 82.4 Å². The molecule has 7 nitrogen and oxygen atoms in total. The van der Waals surface area contributed by atoms with Crippen molar-refractivity contribution < 1.29 is 17.6 Å². The van der Waals surface area contributed by atoms with Gasteiger partial charge in [-0.05, 0) is 49.1 Å². The van der Waals surface area contributed by atoms with Gasteiger partial charge < -0.3 is 9.73 Å². The molecule has 4 aromatic rings.